The molecule has 33 heteroatoms. The van der Waals surface area contributed by atoms with Crippen LogP contribution >= 0.6 is 35.0 Å². The molecule has 0 fully saturated rings. The number of thioether (sulfide) groups is 1. The molecule has 0 aliphatic heterocycles. The third kappa shape index (κ3) is 39.9. The molecule has 7 aromatic carbocycles. The van der Waals surface area contributed by atoms with Crippen molar-refractivity contribution in [3.8, 4) is 0 Å². The Bertz CT molecular complexity index is 4930. The highest BCUT2D eigenvalue weighted by atomic mass is 35.5. The lowest BCUT2D eigenvalue weighted by Gasteiger charge is -2.14. The molecule has 0 amide bonds. The number of carbonyl (C=O) groups is 5. The minimum absolute atomic E-state index is 0.0108. The molecular formula is C88H118Cl2O24S7. The standard InChI is InChI=1S/C21H25ClO4S.C19H21ClO5S.C16H24O6S2.C16H24O5S.C16H24O4S2/c1-16-7-6-9-19(15-16)27(25,26)20(21(23)24)10-5-3-2-4-8-17-11-13-18(22)14-12-17;1-14-2-8-17(9-3-14)26(23,24)18(19(21)22)11-13-25-12-10-15-4-6-16(20)7-5-15;1-13-8-10-14(11-9-13)24(21,22)15(16(17)18)7-5-3-4-6-12-23(2,19)20;2*1-13-8-10-14(11-9-13)22(19,20)15(16(17)18)7-5-3-4-6-12-21-2/h6-7,9,11-15,20H,2-5,8,10H2,1H3,(H,23,24);2-9,18H,10-13H2,1H3,(H,21,22);8-11,15H,3-7,12H2,1-2H3,(H,17,18);2*8-11,15H,3-7,12H2,1-2H3,(H,17,18). The van der Waals surface area contributed by atoms with Crippen molar-refractivity contribution in [3.05, 3.63) is 219 Å². The lowest BCUT2D eigenvalue weighted by molar-refractivity contribution is -0.137. The average molecular weight is 1860 g/mol. The largest absolute Gasteiger partial charge is 0.480 e. The van der Waals surface area contributed by atoms with Crippen molar-refractivity contribution in [2.75, 3.05) is 50.9 Å². The first-order valence-corrected chi connectivity index (χ1v) is 51.8. The van der Waals surface area contributed by atoms with Crippen LogP contribution in [0.4, 0.5) is 0 Å². The van der Waals surface area contributed by atoms with E-state index in [-0.39, 0.29) is 68.9 Å². The van der Waals surface area contributed by atoms with Crippen molar-refractivity contribution >= 4 is 124 Å². The zero-order chi connectivity index (χ0) is 90.6. The van der Waals surface area contributed by atoms with Crippen LogP contribution in [0.1, 0.15) is 174 Å². The molecule has 0 saturated carbocycles. The Morgan fingerprint density at radius 2 is 0.628 bits per heavy atom. The first kappa shape index (κ1) is 108. The van der Waals surface area contributed by atoms with Gasteiger partial charge < -0.3 is 35.0 Å². The van der Waals surface area contributed by atoms with Crippen LogP contribution in [0, 0.1) is 34.6 Å². The molecule has 670 valence electrons. The molecule has 121 heavy (non-hydrogen) atoms. The van der Waals surface area contributed by atoms with Crippen molar-refractivity contribution < 1.29 is 109 Å². The number of hydrogen-bond acceptors (Lipinski definition) is 20. The molecule has 0 saturated heterocycles. The first-order valence-electron chi connectivity index (χ1n) is 39.8. The molecule has 0 radical (unpaired) electrons. The van der Waals surface area contributed by atoms with Gasteiger partial charge in [0.25, 0.3) is 0 Å². The number of benzene rings is 7. The number of sulfone groups is 6. The Kier molecular flexibility index (Phi) is 48.9. The minimum Gasteiger partial charge on any atom is -0.480 e. The lowest BCUT2D eigenvalue weighted by Crippen LogP contribution is -2.31. The topological polar surface area (TPSA) is 410 Å². The van der Waals surface area contributed by atoms with E-state index in [0.29, 0.717) is 74.6 Å². The molecule has 24 nitrogen and oxygen atoms in total. The van der Waals surface area contributed by atoms with Crippen molar-refractivity contribution in [3.63, 3.8) is 0 Å². The fourth-order valence-electron chi connectivity index (χ4n) is 12.3. The second kappa shape index (κ2) is 54.9. The van der Waals surface area contributed by atoms with Crippen LogP contribution in [0.25, 0.3) is 0 Å². The van der Waals surface area contributed by atoms with Gasteiger partial charge in [-0.15, -0.1) is 0 Å². The highest BCUT2D eigenvalue weighted by Crippen LogP contribution is 2.28. The van der Waals surface area contributed by atoms with Crippen LogP contribution in [0.5, 0.6) is 0 Å². The number of hydrogen-bond donors (Lipinski definition) is 5. The molecule has 7 rings (SSSR count). The second-order valence-corrected chi connectivity index (χ2v) is 44.3. The summed E-state index contributed by atoms with van der Waals surface area (Å²) in [6, 6.07) is 46.4. The molecule has 0 bridgehead atoms. The maximum Gasteiger partial charge on any atom is 0.322 e. The Morgan fingerprint density at radius 1 is 0.331 bits per heavy atom. The summed E-state index contributed by atoms with van der Waals surface area (Å²) in [6.07, 6.45) is 17.4. The van der Waals surface area contributed by atoms with Gasteiger partial charge in [-0.2, -0.15) is 11.8 Å². The van der Waals surface area contributed by atoms with E-state index in [9.17, 15) is 100 Å². The summed E-state index contributed by atoms with van der Waals surface area (Å²) < 4.78 is 158. The molecule has 5 atom stereocenters. The quantitative estimate of drug-likeness (QED) is 0.0221. The van der Waals surface area contributed by atoms with Crippen LogP contribution in [-0.4, -0.2) is 183 Å². The number of carboxylic acids is 5. The van der Waals surface area contributed by atoms with E-state index in [1.165, 1.54) is 72.5 Å². The predicted octanol–water partition coefficient (Wildman–Crippen LogP) is 17.2. The fourth-order valence-corrected chi connectivity index (χ4v) is 21.7. The maximum atomic E-state index is 12.7. The monoisotopic (exact) mass is 1850 g/mol. The number of carboxylic acid groups (broad SMARTS) is 5. The predicted molar refractivity (Wildman–Crippen MR) is 477 cm³/mol. The molecule has 5 unspecified atom stereocenters. The number of aryl methyl sites for hydroxylation is 6. The van der Waals surface area contributed by atoms with E-state index >= 15 is 0 Å². The number of ether oxygens (including phenoxy) is 2. The van der Waals surface area contributed by atoms with E-state index in [4.69, 9.17) is 32.7 Å². The summed E-state index contributed by atoms with van der Waals surface area (Å²) in [5.41, 5.74) is 6.72. The zero-order valence-corrected chi connectivity index (χ0v) is 77.2. The summed E-state index contributed by atoms with van der Waals surface area (Å²) in [5.74, 6) is -5.36. The van der Waals surface area contributed by atoms with E-state index in [0.717, 1.165) is 103 Å². The Labute approximate surface area is 730 Å². The van der Waals surface area contributed by atoms with Gasteiger partial charge in [0.2, 0.25) is 0 Å². The van der Waals surface area contributed by atoms with Gasteiger partial charge in [-0.1, -0.05) is 207 Å². The number of aliphatic carboxylic acids is 5. The first-order chi connectivity index (χ1) is 56.9. The van der Waals surface area contributed by atoms with Gasteiger partial charge in [0.15, 0.2) is 75.4 Å². The molecular weight excluding hydrogens is 1740 g/mol. The van der Waals surface area contributed by atoms with Crippen LogP contribution in [0.2, 0.25) is 10.0 Å². The summed E-state index contributed by atoms with van der Waals surface area (Å²) in [6.45, 7) is 10.2. The second-order valence-electron chi connectivity index (χ2n) is 29.5. The van der Waals surface area contributed by atoms with Crippen LogP contribution < -0.4 is 0 Å². The van der Waals surface area contributed by atoms with Gasteiger partial charge in [0, 0.05) is 42.4 Å². The minimum atomic E-state index is -3.96. The zero-order valence-electron chi connectivity index (χ0n) is 70.0. The molecule has 0 heterocycles. The number of halogens is 2. The Hall–Kier alpha value is -7.56. The number of rotatable bonds is 49. The summed E-state index contributed by atoms with van der Waals surface area (Å²) in [4.78, 5) is 57.4. The van der Waals surface area contributed by atoms with E-state index in [1.807, 2.05) is 64.1 Å². The van der Waals surface area contributed by atoms with Gasteiger partial charge in [-0.25, -0.2) is 50.5 Å². The maximum absolute atomic E-state index is 12.7. The van der Waals surface area contributed by atoms with Gasteiger partial charge in [-0.3, -0.25) is 24.0 Å². The van der Waals surface area contributed by atoms with Crippen molar-refractivity contribution in [1.29, 1.82) is 0 Å². The average Bonchev–Trinajstić information content (AvgIpc) is 0.820. The molecule has 7 aromatic rings. The highest BCUT2D eigenvalue weighted by molar-refractivity contribution is 7.98. The van der Waals surface area contributed by atoms with Gasteiger partial charge in [-0.05, 0) is 219 Å². The van der Waals surface area contributed by atoms with E-state index in [2.05, 4.69) is 6.26 Å². The lowest BCUT2D eigenvalue weighted by atomic mass is 10.0. The summed E-state index contributed by atoms with van der Waals surface area (Å²) >= 11 is 13.5. The van der Waals surface area contributed by atoms with E-state index in [1.54, 1.807) is 98.6 Å². The Balaban J connectivity index is 0.000000392. The number of methoxy groups -OCH3 is 1. The van der Waals surface area contributed by atoms with Crippen LogP contribution in [-0.2, 0) is 105 Å². The highest BCUT2D eigenvalue weighted by Gasteiger charge is 2.38. The third-order valence-corrected chi connectivity index (χ3v) is 32.2. The number of unbranched alkanes of at least 4 members (excludes halogenated alkanes) is 12. The molecule has 0 aliphatic carbocycles. The van der Waals surface area contributed by atoms with Gasteiger partial charge in [0.05, 0.1) is 31.1 Å². The normalized spacial score (nSPS) is 13.0. The van der Waals surface area contributed by atoms with Crippen LogP contribution in [0.3, 0.4) is 0 Å². The fraction of sp³-hybridized carbons (Fsp3) is 0.466. The van der Waals surface area contributed by atoms with Crippen LogP contribution in [0.15, 0.2) is 194 Å². The van der Waals surface area contributed by atoms with Gasteiger partial charge >= 0.3 is 29.8 Å². The SMILES string of the molecule is COCCCCCCC(C(=O)O)S(=O)(=O)c1ccc(C)cc1.CSCCCCCCC(C(=O)O)S(=O)(=O)c1ccc(C)cc1.Cc1ccc(S(=O)(=O)C(CCCCCCS(C)(=O)=O)C(=O)O)cc1.Cc1ccc(S(=O)(=O)C(CCOCCc2ccc(Cl)cc2)C(=O)O)cc1.Cc1cccc(S(=O)(=O)C(CCCCCCc2ccc(Cl)cc2)C(=O)O)c1. The van der Waals surface area contributed by atoms with Crippen molar-refractivity contribution in [2.24, 2.45) is 0 Å². The molecule has 0 spiro atoms. The smallest absolute Gasteiger partial charge is 0.322 e. The summed E-state index contributed by atoms with van der Waals surface area (Å²) in [5, 5.41) is 40.8. The Morgan fingerprint density at radius 3 is 0.942 bits per heavy atom. The van der Waals surface area contributed by atoms with E-state index < -0.39 is 115 Å². The van der Waals surface area contributed by atoms with Crippen molar-refractivity contribution in [2.45, 2.75) is 233 Å². The summed E-state index contributed by atoms with van der Waals surface area (Å²) in [7, 11) is -20.8. The molecule has 5 N–H and O–H groups in total. The molecule has 0 aromatic heterocycles. The molecule has 0 aliphatic rings. The van der Waals surface area contributed by atoms with Crippen molar-refractivity contribution in [1.82, 2.24) is 0 Å². The van der Waals surface area contributed by atoms with Gasteiger partial charge in [0.1, 0.15) is 9.84 Å². The third-order valence-electron chi connectivity index (χ3n) is 19.4.